The fourth-order valence-electron chi connectivity index (χ4n) is 9.25. The summed E-state index contributed by atoms with van der Waals surface area (Å²) in [5, 5.41) is 35.7. The van der Waals surface area contributed by atoms with Crippen molar-refractivity contribution in [1.82, 2.24) is 47.9 Å². The minimum absolute atomic E-state index is 0.0108. The van der Waals surface area contributed by atoms with Crippen molar-refractivity contribution in [2.75, 3.05) is 19.6 Å². The molecule has 0 aromatic rings. The Hall–Kier alpha value is -6.41. The lowest BCUT2D eigenvalue weighted by molar-refractivity contribution is -0.140. The number of hydrogen-bond acceptors (Lipinski definition) is 14. The first kappa shape index (κ1) is 73.6. The van der Waals surface area contributed by atoms with E-state index in [0.717, 1.165) is 0 Å². The average molecular weight is 1160 g/mol. The molecular weight excluding hydrogens is 1060 g/mol. The number of nitrogens with zero attached hydrogens (tertiary/aromatic N) is 1. The molecule has 0 radical (unpaired) electrons. The Morgan fingerprint density at radius 2 is 1.20 bits per heavy atom. The number of aliphatic hydroxyl groups is 1. The molecule has 0 aromatic carbocycles. The molecule has 0 saturated carbocycles. The van der Waals surface area contributed by atoms with Crippen LogP contribution in [0.4, 0.5) is 0 Å². The van der Waals surface area contributed by atoms with Gasteiger partial charge in [-0.25, -0.2) is 0 Å². The SMILES string of the molecule is CC[C@H](C)[C@@H]1NC(=O)[C@H](CCCN=C(N)N)NC(=O)[C@H](CCCCN)NC(=O)[C@@](C)(NC(=O)[C@H](CC(C)C)NC(=O)CN)CCC/C=C\CCC[C@@](C)(C(=O)N[C@H](C(=O)N[C@@H](CC(C)C)C(=O)N[C@@H](CC(C)C)C(N)=O)[C@@H](C)O)NC1=O. The normalized spacial score (nSPS) is 23.4. The van der Waals surface area contributed by atoms with Crippen molar-refractivity contribution in [3.05, 3.63) is 12.2 Å². The Morgan fingerprint density at radius 1 is 0.671 bits per heavy atom. The van der Waals surface area contributed by atoms with Gasteiger partial charge in [-0.1, -0.05) is 74.0 Å². The molecule has 11 atom stereocenters. The number of aliphatic imine (C=N–C) groups is 1. The van der Waals surface area contributed by atoms with E-state index in [1.807, 2.05) is 53.7 Å². The van der Waals surface area contributed by atoms with Gasteiger partial charge in [0.15, 0.2) is 5.96 Å². The minimum Gasteiger partial charge on any atom is -0.391 e. The summed E-state index contributed by atoms with van der Waals surface area (Å²) in [5.74, 6) is -8.49. The number of allylic oxidation sites excluding steroid dienone is 2. The van der Waals surface area contributed by atoms with Gasteiger partial charge in [-0.2, -0.15) is 0 Å². The summed E-state index contributed by atoms with van der Waals surface area (Å²) in [4.78, 5) is 144. The molecule has 1 heterocycles. The van der Waals surface area contributed by atoms with Crippen molar-refractivity contribution in [3.63, 3.8) is 0 Å². The van der Waals surface area contributed by atoms with Crippen LogP contribution in [0.2, 0.25) is 0 Å². The van der Waals surface area contributed by atoms with Gasteiger partial charge in [0.25, 0.3) is 0 Å². The summed E-state index contributed by atoms with van der Waals surface area (Å²) in [6.45, 7) is 18.8. The van der Waals surface area contributed by atoms with Gasteiger partial charge in [-0.15, -0.1) is 0 Å². The van der Waals surface area contributed by atoms with Gasteiger partial charge in [0.2, 0.25) is 59.1 Å². The molecule has 1 aliphatic rings. The first-order valence-electron chi connectivity index (χ1n) is 29.2. The largest absolute Gasteiger partial charge is 0.391 e. The second-order valence-corrected chi connectivity index (χ2v) is 23.5. The number of nitrogens with two attached hydrogens (primary N) is 5. The second-order valence-electron chi connectivity index (χ2n) is 23.5. The van der Waals surface area contributed by atoms with Crippen LogP contribution in [0.3, 0.4) is 0 Å². The number of hydrogen-bond donors (Lipinski definition) is 15. The van der Waals surface area contributed by atoms with E-state index in [1.54, 1.807) is 13.8 Å². The van der Waals surface area contributed by atoms with Crippen molar-refractivity contribution < 1.29 is 53.1 Å². The summed E-state index contributed by atoms with van der Waals surface area (Å²) >= 11 is 0. The van der Waals surface area contributed by atoms with Crippen LogP contribution >= 0.6 is 0 Å². The van der Waals surface area contributed by atoms with Gasteiger partial charge in [-0.3, -0.25) is 52.9 Å². The quantitative estimate of drug-likeness (QED) is 0.0198. The molecule has 1 rings (SSSR count). The van der Waals surface area contributed by atoms with Crippen LogP contribution in [0.15, 0.2) is 17.1 Å². The number of primary amides is 1. The van der Waals surface area contributed by atoms with Crippen LogP contribution in [0.25, 0.3) is 0 Å². The highest BCUT2D eigenvalue weighted by Gasteiger charge is 2.43. The second kappa shape index (κ2) is 36.9. The summed E-state index contributed by atoms with van der Waals surface area (Å²) in [6, 6.07) is -8.87. The molecule has 0 aromatic heterocycles. The molecular formula is C56H103N15O11. The summed E-state index contributed by atoms with van der Waals surface area (Å²) in [5.41, 5.74) is 24.7. The van der Waals surface area contributed by atoms with E-state index in [2.05, 4.69) is 52.8 Å². The van der Waals surface area contributed by atoms with Crippen LogP contribution < -0.4 is 76.5 Å². The third kappa shape index (κ3) is 26.7. The number of guanidine groups is 1. The maximum absolute atomic E-state index is 14.8. The van der Waals surface area contributed by atoms with E-state index in [4.69, 9.17) is 28.7 Å². The molecule has 26 nitrogen and oxygen atoms in total. The van der Waals surface area contributed by atoms with Gasteiger partial charge in [0.05, 0.1) is 12.6 Å². The zero-order chi connectivity index (χ0) is 62.5. The third-order valence-electron chi connectivity index (χ3n) is 14.3. The molecule has 0 aliphatic carbocycles. The summed E-state index contributed by atoms with van der Waals surface area (Å²) < 4.78 is 0. The van der Waals surface area contributed by atoms with Crippen LogP contribution in [-0.2, 0) is 47.9 Å². The van der Waals surface area contributed by atoms with Crippen LogP contribution in [0.1, 0.15) is 172 Å². The van der Waals surface area contributed by atoms with Crippen molar-refractivity contribution >= 4 is 65.0 Å². The fraction of sp³-hybridized carbons (Fsp3) is 0.768. The number of carbonyl (C=O) groups is 10. The number of amides is 10. The summed E-state index contributed by atoms with van der Waals surface area (Å²) in [6.07, 6.45) is 5.58. The molecule has 0 fully saturated rings. The average Bonchev–Trinajstić information content (AvgIpc) is 3.57. The van der Waals surface area contributed by atoms with E-state index in [9.17, 15) is 53.1 Å². The number of unbranched alkanes of at least 4 members (excludes halogenated alkanes) is 1. The number of rotatable bonds is 28. The Labute approximate surface area is 485 Å². The third-order valence-corrected chi connectivity index (χ3v) is 14.3. The predicted octanol–water partition coefficient (Wildman–Crippen LogP) is -0.768. The monoisotopic (exact) mass is 1160 g/mol. The van der Waals surface area contributed by atoms with Gasteiger partial charge < -0.3 is 81.6 Å². The van der Waals surface area contributed by atoms with Crippen molar-refractivity contribution in [2.24, 2.45) is 57.3 Å². The van der Waals surface area contributed by atoms with Crippen molar-refractivity contribution in [1.29, 1.82) is 0 Å². The molecule has 1 aliphatic heterocycles. The number of carbonyl (C=O) groups excluding carboxylic acids is 10. The lowest BCUT2D eigenvalue weighted by atomic mass is 9.90. The van der Waals surface area contributed by atoms with E-state index < -0.39 is 124 Å². The molecule has 82 heavy (non-hydrogen) atoms. The standard InChI is InChI=1S/C56H103N15O11/c1-12-35(8)43-51(80)71-56(11,53(82)69-44(36(9)72)50(79)66-40(29-33(4)5)48(77)65-39(45(59)74)28-32(2)3)25-19-16-14-13-15-18-24-55(10,70-49(78)41(30-34(6)7)63-42(73)31-58)52(81)67-38(22-17-20-26-57)46(75)64-37(47(76)68-43)23-21-27-62-54(60)61/h13-14,32-41,43-44,72H,12,15-31,57-58H2,1-11H3,(H2,59,74)(H,63,73)(H,64,75)(H,65,77)(H,66,79)(H,67,81)(H,68,76)(H,69,82)(H,70,78)(H,71,80)(H4,60,61,62)/b14-13-/t35-,36+,37-,38-,39-,40-,41-,43-,44-,55-,56-/m0/s1. The smallest absolute Gasteiger partial charge is 0.246 e. The first-order chi connectivity index (χ1) is 38.3. The lowest BCUT2D eigenvalue weighted by Crippen LogP contribution is -2.66. The fourth-order valence-corrected chi connectivity index (χ4v) is 9.25. The van der Waals surface area contributed by atoms with E-state index >= 15 is 0 Å². The lowest BCUT2D eigenvalue weighted by Gasteiger charge is -2.35. The van der Waals surface area contributed by atoms with Crippen LogP contribution in [0, 0.1) is 23.7 Å². The zero-order valence-corrected chi connectivity index (χ0v) is 50.7. The van der Waals surface area contributed by atoms with E-state index in [-0.39, 0.29) is 101 Å². The first-order valence-corrected chi connectivity index (χ1v) is 29.2. The van der Waals surface area contributed by atoms with Crippen LogP contribution in [-0.4, -0.2) is 149 Å². The van der Waals surface area contributed by atoms with Gasteiger partial charge >= 0.3 is 0 Å². The molecule has 20 N–H and O–H groups in total. The molecule has 0 bridgehead atoms. The van der Waals surface area contributed by atoms with Gasteiger partial charge in [0.1, 0.15) is 53.4 Å². The Morgan fingerprint density at radius 3 is 1.72 bits per heavy atom. The highest BCUT2D eigenvalue weighted by Crippen LogP contribution is 2.22. The Bertz CT molecular complexity index is 2170. The molecule has 0 spiro atoms. The van der Waals surface area contributed by atoms with E-state index in [1.165, 1.54) is 20.8 Å². The zero-order valence-electron chi connectivity index (χ0n) is 50.7. The number of nitrogens with one attached hydrogen (secondary N) is 9. The Balaban J connectivity index is 4.01. The molecule has 468 valence electrons. The van der Waals surface area contributed by atoms with E-state index in [0.29, 0.717) is 38.5 Å². The van der Waals surface area contributed by atoms with Crippen molar-refractivity contribution in [3.8, 4) is 0 Å². The Kier molecular flexibility index (Phi) is 33.1. The number of aliphatic hydroxyl groups excluding tert-OH is 1. The highest BCUT2D eigenvalue weighted by atomic mass is 16.3. The van der Waals surface area contributed by atoms with Gasteiger partial charge in [0, 0.05) is 6.54 Å². The maximum Gasteiger partial charge on any atom is 0.246 e. The molecule has 26 heteroatoms. The molecule has 10 amide bonds. The van der Waals surface area contributed by atoms with Crippen molar-refractivity contribution in [2.45, 2.75) is 232 Å². The maximum atomic E-state index is 14.8. The predicted molar refractivity (Wildman–Crippen MR) is 314 cm³/mol. The topological polar surface area (TPSA) is 442 Å². The molecule has 0 unspecified atom stereocenters. The van der Waals surface area contributed by atoms with Crippen LogP contribution in [0.5, 0.6) is 0 Å². The summed E-state index contributed by atoms with van der Waals surface area (Å²) in [7, 11) is 0. The molecule has 0 saturated heterocycles. The highest BCUT2D eigenvalue weighted by molar-refractivity contribution is 6.00. The van der Waals surface area contributed by atoms with Gasteiger partial charge in [-0.05, 0) is 141 Å². The minimum atomic E-state index is -1.82.